The average Bonchev–Trinajstić information content (AvgIpc) is 2.63. The van der Waals surface area contributed by atoms with Crippen molar-refractivity contribution in [2.45, 2.75) is 51.4 Å². The van der Waals surface area contributed by atoms with Gasteiger partial charge in [0, 0.05) is 23.0 Å². The van der Waals surface area contributed by atoms with Gasteiger partial charge in [0.25, 0.3) is 0 Å². The quantitative estimate of drug-likeness (QED) is 0.586. The van der Waals surface area contributed by atoms with Crippen molar-refractivity contribution in [3.63, 3.8) is 0 Å². The third kappa shape index (κ3) is 4.45. The molecule has 2 aromatic rings. The van der Waals surface area contributed by atoms with Gasteiger partial charge in [0.15, 0.2) is 5.82 Å². The van der Waals surface area contributed by atoms with Crippen molar-refractivity contribution in [3.8, 4) is 11.4 Å². The lowest BCUT2D eigenvalue weighted by Crippen LogP contribution is -2.12. The molecule has 0 unspecified atom stereocenters. The Morgan fingerprint density at radius 3 is 2.33 bits per heavy atom. The van der Waals surface area contributed by atoms with Gasteiger partial charge < -0.3 is 0 Å². The number of unbranched alkanes of at least 4 members (excludes halogenated alkanes) is 1. The maximum Gasteiger partial charge on any atom is 0.159 e. The molecule has 0 amide bonds. The number of hydrogen-bond acceptors (Lipinski definition) is 2. The van der Waals surface area contributed by atoms with Crippen molar-refractivity contribution in [3.05, 3.63) is 59.4 Å². The van der Waals surface area contributed by atoms with Crippen LogP contribution >= 0.6 is 11.6 Å². The highest BCUT2D eigenvalue weighted by atomic mass is 35.5. The van der Waals surface area contributed by atoms with Gasteiger partial charge in [-0.05, 0) is 73.8 Å². The Hall–Kier alpha value is -1.67. The molecule has 0 spiro atoms. The van der Waals surface area contributed by atoms with Gasteiger partial charge in [-0.3, -0.25) is 0 Å². The fourth-order valence-corrected chi connectivity index (χ4v) is 3.52. The summed E-state index contributed by atoms with van der Waals surface area (Å²) in [4.78, 5) is 9.13. The summed E-state index contributed by atoms with van der Waals surface area (Å²) < 4.78 is 0. The Morgan fingerprint density at radius 2 is 1.71 bits per heavy atom. The zero-order chi connectivity index (χ0) is 16.8. The first-order valence-electron chi connectivity index (χ1n) is 9.01. The minimum atomic E-state index is 0.611. The summed E-state index contributed by atoms with van der Waals surface area (Å²) in [5.74, 6) is 2.15. The van der Waals surface area contributed by atoms with Gasteiger partial charge >= 0.3 is 0 Å². The first-order valence-corrected chi connectivity index (χ1v) is 9.38. The molecule has 1 aromatic carbocycles. The van der Waals surface area contributed by atoms with Gasteiger partial charge in [-0.2, -0.15) is 0 Å². The number of rotatable bonds is 5. The lowest BCUT2D eigenvalue weighted by Gasteiger charge is -2.26. The summed E-state index contributed by atoms with van der Waals surface area (Å²) in [6.45, 7) is 2.23. The largest absolute Gasteiger partial charge is 0.236 e. The maximum absolute atomic E-state index is 5.93. The molecule has 24 heavy (non-hydrogen) atoms. The molecule has 0 bridgehead atoms. The monoisotopic (exact) mass is 340 g/mol. The second-order valence-electron chi connectivity index (χ2n) is 6.68. The molecular formula is C21H25ClN2. The predicted octanol–water partition coefficient (Wildman–Crippen LogP) is 6.43. The smallest absolute Gasteiger partial charge is 0.159 e. The van der Waals surface area contributed by atoms with Gasteiger partial charge in [-0.25, -0.2) is 9.97 Å². The van der Waals surface area contributed by atoms with Crippen LogP contribution in [0.3, 0.4) is 0 Å². The third-order valence-electron chi connectivity index (χ3n) is 4.88. The molecule has 1 saturated carbocycles. The topological polar surface area (TPSA) is 25.8 Å². The molecule has 0 atom stereocenters. The van der Waals surface area contributed by atoms with E-state index in [1.54, 1.807) is 0 Å². The first-order chi connectivity index (χ1) is 11.8. The van der Waals surface area contributed by atoms with Crippen LogP contribution in [0.5, 0.6) is 0 Å². The molecule has 1 aliphatic rings. The van der Waals surface area contributed by atoms with Crippen molar-refractivity contribution in [1.29, 1.82) is 0 Å². The number of allylic oxidation sites excluding steroid dienone is 2. The number of nitrogens with zero attached hydrogens (tertiary/aromatic N) is 2. The van der Waals surface area contributed by atoms with Crippen LogP contribution in [0.2, 0.25) is 5.02 Å². The van der Waals surface area contributed by atoms with Crippen LogP contribution in [0.4, 0.5) is 0 Å². The normalized spacial score (nSPS) is 21.2. The van der Waals surface area contributed by atoms with Gasteiger partial charge in [0.1, 0.15) is 0 Å². The molecule has 126 valence electrons. The summed E-state index contributed by atoms with van der Waals surface area (Å²) in [6.07, 6.45) is 16.3. The molecule has 1 heterocycles. The van der Waals surface area contributed by atoms with Crippen molar-refractivity contribution in [2.75, 3.05) is 0 Å². The Bertz CT molecular complexity index is 653. The van der Waals surface area contributed by atoms with Gasteiger partial charge in [-0.15, -0.1) is 0 Å². The number of aromatic nitrogens is 2. The van der Waals surface area contributed by atoms with E-state index in [1.165, 1.54) is 44.1 Å². The van der Waals surface area contributed by atoms with Crippen LogP contribution in [-0.4, -0.2) is 9.97 Å². The summed E-state index contributed by atoms with van der Waals surface area (Å²) in [5, 5.41) is 0.736. The van der Waals surface area contributed by atoms with E-state index in [-0.39, 0.29) is 0 Å². The van der Waals surface area contributed by atoms with E-state index in [4.69, 9.17) is 11.6 Å². The van der Waals surface area contributed by atoms with E-state index >= 15 is 0 Å². The second kappa shape index (κ2) is 8.43. The van der Waals surface area contributed by atoms with Crippen molar-refractivity contribution in [1.82, 2.24) is 9.97 Å². The molecule has 0 N–H and O–H groups in total. The van der Waals surface area contributed by atoms with Crippen LogP contribution in [0.15, 0.2) is 48.8 Å². The molecule has 1 aliphatic carbocycles. The Balaban J connectivity index is 1.59. The zero-order valence-electron chi connectivity index (χ0n) is 14.3. The van der Waals surface area contributed by atoms with Crippen LogP contribution in [0.25, 0.3) is 11.4 Å². The molecule has 3 rings (SSSR count). The van der Waals surface area contributed by atoms with Gasteiger partial charge in [-0.1, -0.05) is 37.1 Å². The molecule has 0 radical (unpaired) electrons. The molecule has 2 nitrogen and oxygen atoms in total. The van der Waals surface area contributed by atoms with E-state index in [2.05, 4.69) is 29.0 Å². The van der Waals surface area contributed by atoms with E-state index in [0.717, 1.165) is 22.3 Å². The van der Waals surface area contributed by atoms with Gasteiger partial charge in [0.05, 0.1) is 0 Å². The van der Waals surface area contributed by atoms with Gasteiger partial charge in [0.2, 0.25) is 0 Å². The van der Waals surface area contributed by atoms with E-state index in [9.17, 15) is 0 Å². The lowest BCUT2D eigenvalue weighted by atomic mass is 9.79. The Kier molecular flexibility index (Phi) is 6.03. The molecule has 3 heteroatoms. The van der Waals surface area contributed by atoms with Crippen molar-refractivity contribution in [2.24, 2.45) is 5.92 Å². The highest BCUT2D eigenvalue weighted by molar-refractivity contribution is 6.30. The fourth-order valence-electron chi connectivity index (χ4n) is 3.40. The molecule has 1 aromatic heterocycles. The summed E-state index contributed by atoms with van der Waals surface area (Å²) >= 11 is 5.93. The van der Waals surface area contributed by atoms with E-state index < -0.39 is 0 Å². The van der Waals surface area contributed by atoms with E-state index in [0.29, 0.717) is 5.92 Å². The lowest BCUT2D eigenvalue weighted by molar-refractivity contribution is 0.374. The SMILES string of the molecule is CCCC=CC1CCC(c2cnc(-c3ccc(Cl)cc3)nc2)CC1. The highest BCUT2D eigenvalue weighted by Gasteiger charge is 2.21. The van der Waals surface area contributed by atoms with Crippen molar-refractivity contribution < 1.29 is 0 Å². The Morgan fingerprint density at radius 1 is 1.04 bits per heavy atom. The third-order valence-corrected chi connectivity index (χ3v) is 5.13. The standard InChI is InChI=1S/C21H25ClN2/c1-2-3-4-5-16-6-8-17(9-7-16)19-14-23-21(24-15-19)18-10-12-20(22)13-11-18/h4-5,10-17H,2-3,6-9H2,1H3. The molecule has 0 saturated heterocycles. The summed E-state index contributed by atoms with van der Waals surface area (Å²) in [5.41, 5.74) is 2.29. The van der Waals surface area contributed by atoms with Crippen LogP contribution in [0.1, 0.15) is 56.9 Å². The minimum Gasteiger partial charge on any atom is -0.236 e. The van der Waals surface area contributed by atoms with Crippen LogP contribution in [0, 0.1) is 5.92 Å². The predicted molar refractivity (Wildman–Crippen MR) is 101 cm³/mol. The fraction of sp³-hybridized carbons (Fsp3) is 0.429. The Labute approximate surface area is 150 Å². The number of hydrogen-bond donors (Lipinski definition) is 0. The zero-order valence-corrected chi connectivity index (χ0v) is 15.0. The molecule has 0 aliphatic heterocycles. The van der Waals surface area contributed by atoms with Crippen LogP contribution in [-0.2, 0) is 0 Å². The van der Waals surface area contributed by atoms with E-state index in [1.807, 2.05) is 36.7 Å². The minimum absolute atomic E-state index is 0.611. The average molecular weight is 341 g/mol. The second-order valence-corrected chi connectivity index (χ2v) is 7.11. The molecule has 1 fully saturated rings. The van der Waals surface area contributed by atoms with Crippen molar-refractivity contribution >= 4 is 11.6 Å². The maximum atomic E-state index is 5.93. The highest BCUT2D eigenvalue weighted by Crippen LogP contribution is 2.36. The summed E-state index contributed by atoms with van der Waals surface area (Å²) in [7, 11) is 0. The molecular weight excluding hydrogens is 316 g/mol. The number of halogens is 1. The first kappa shape index (κ1) is 17.2. The number of benzene rings is 1. The van der Waals surface area contributed by atoms with Crippen LogP contribution < -0.4 is 0 Å². The summed E-state index contributed by atoms with van der Waals surface area (Å²) in [6, 6.07) is 7.68.